The molecule has 2 aliphatic carbocycles. The van der Waals surface area contributed by atoms with E-state index >= 15 is 0 Å². The number of aliphatic carboxylic acids is 2. The predicted molar refractivity (Wildman–Crippen MR) is 235 cm³/mol. The first-order valence-electron chi connectivity index (χ1n) is 21.7. The second kappa shape index (κ2) is 25.0. The number of likely N-dealkylation sites (N-methyl/N-ethyl adjacent to an activating group) is 2. The average Bonchev–Trinajstić information content (AvgIpc) is 3.19. The molecule has 2 atom stereocenters. The number of ether oxygens (including phenoxy) is 4. The van der Waals surface area contributed by atoms with Crippen molar-refractivity contribution in [2.75, 3.05) is 54.9 Å². The van der Waals surface area contributed by atoms with Crippen LogP contribution in [0.15, 0.2) is 60.7 Å². The maximum atomic E-state index is 11.8. The Kier molecular flexibility index (Phi) is 21.6. The molecule has 14 nitrogen and oxygen atoms in total. The lowest BCUT2D eigenvalue weighted by atomic mass is 9.72. The number of nitrogens with one attached hydrogen (secondary N) is 1. The van der Waals surface area contributed by atoms with E-state index in [1.165, 1.54) is 17.7 Å². The summed E-state index contributed by atoms with van der Waals surface area (Å²) in [5.41, 5.74) is -0.0912. The summed E-state index contributed by atoms with van der Waals surface area (Å²) in [6.07, 6.45) is 11.2. The highest BCUT2D eigenvalue weighted by atomic mass is 16.7. The van der Waals surface area contributed by atoms with Gasteiger partial charge in [-0.05, 0) is 123 Å². The number of carbonyl (C=O) groups is 4. The summed E-state index contributed by atoms with van der Waals surface area (Å²) >= 11 is 0. The van der Waals surface area contributed by atoms with Crippen molar-refractivity contribution in [1.82, 2.24) is 4.90 Å². The lowest BCUT2D eigenvalue weighted by molar-refractivity contribution is -0.860. The zero-order valence-corrected chi connectivity index (χ0v) is 38.8. The van der Waals surface area contributed by atoms with Crippen molar-refractivity contribution in [1.29, 1.82) is 0 Å². The van der Waals surface area contributed by atoms with Crippen LogP contribution in [0, 0.1) is 10.8 Å². The maximum absolute atomic E-state index is 11.8. The number of esters is 2. The first-order chi connectivity index (χ1) is 28.9. The maximum Gasteiger partial charge on any atom is 0.328 e. The number of rotatable bonds is 16. The van der Waals surface area contributed by atoms with Crippen LogP contribution in [-0.2, 0) is 28.7 Å². The number of carboxylic acid groups (broad SMARTS) is 2. The number of hydrogen-bond acceptors (Lipinski definition) is 12. The second-order valence-electron chi connectivity index (χ2n) is 19.1. The Balaban J connectivity index is 0.000000363. The first kappa shape index (κ1) is 53.6. The summed E-state index contributed by atoms with van der Waals surface area (Å²) in [5, 5.41) is 39.8. The molecule has 0 amide bonds. The Labute approximate surface area is 369 Å². The second-order valence-corrected chi connectivity index (χ2v) is 19.1. The summed E-state index contributed by atoms with van der Waals surface area (Å²) < 4.78 is 21.4. The molecule has 2 aliphatic rings. The average molecular weight is 871 g/mol. The van der Waals surface area contributed by atoms with Gasteiger partial charge in [0.05, 0.1) is 54.6 Å². The molecule has 0 radical (unpaired) electrons. The van der Waals surface area contributed by atoms with E-state index in [-0.39, 0.29) is 37.4 Å². The summed E-state index contributed by atoms with van der Waals surface area (Å²) in [7, 11) is 8.33. The zero-order chi connectivity index (χ0) is 46.7. The Morgan fingerprint density at radius 3 is 1.35 bits per heavy atom. The monoisotopic (exact) mass is 871 g/mol. The summed E-state index contributed by atoms with van der Waals surface area (Å²) in [6, 6.07) is 15.6. The Bertz CT molecular complexity index is 1570. The number of nitrogens with zero attached hydrogens (tertiary/aromatic N) is 1. The minimum absolute atomic E-state index is 0.0700. The van der Waals surface area contributed by atoms with E-state index in [0.29, 0.717) is 23.7 Å². The van der Waals surface area contributed by atoms with Crippen molar-refractivity contribution in [3.05, 3.63) is 71.8 Å². The van der Waals surface area contributed by atoms with Gasteiger partial charge in [-0.2, -0.15) is 0 Å². The number of carbonyl (C=O) groups excluding carboxylic acids is 3. The largest absolute Gasteiger partial charge is 0.545 e. The molecule has 2 fully saturated rings. The van der Waals surface area contributed by atoms with Crippen LogP contribution in [0.4, 0.5) is 0 Å². The van der Waals surface area contributed by atoms with Crippen LogP contribution in [0.25, 0.3) is 0 Å². The summed E-state index contributed by atoms with van der Waals surface area (Å²) in [5.74, 6) is -1.89. The fourth-order valence-corrected chi connectivity index (χ4v) is 7.47. The van der Waals surface area contributed by atoms with Gasteiger partial charge >= 0.3 is 17.9 Å². The third kappa shape index (κ3) is 19.3. The van der Waals surface area contributed by atoms with Gasteiger partial charge in [-0.15, -0.1) is 0 Å². The van der Waals surface area contributed by atoms with Gasteiger partial charge in [0.1, 0.15) is 11.5 Å². The smallest absolute Gasteiger partial charge is 0.328 e. The normalized spacial score (nSPS) is 17.1. The molecule has 2 saturated carbocycles. The van der Waals surface area contributed by atoms with Crippen LogP contribution in [0.2, 0.25) is 0 Å². The standard InChI is InChI=1S/2C22H35NO4.C4H4O4/c2*1-21(2,3)20(24)27-16-26-18-11-9-17(10-12-18)19(15-23(4)5)22(25)13-7-6-8-14-22;5-3(6)1-2-4(7)8/h2*9-12,19,25H,6-8,13-16H2,1-5H3;1-2H,(H,5,6)(H,7,8)/b;;2-1-. The van der Waals surface area contributed by atoms with E-state index in [1.807, 2.05) is 104 Å². The lowest BCUT2D eigenvalue weighted by Crippen LogP contribution is -3.06. The molecule has 0 aromatic heterocycles. The molecule has 4 rings (SSSR count). The van der Waals surface area contributed by atoms with Gasteiger partial charge in [0.2, 0.25) is 13.6 Å². The highest BCUT2D eigenvalue weighted by Crippen LogP contribution is 2.41. The quantitative estimate of drug-likeness (QED) is 0.102. The number of aliphatic hydroxyl groups is 2. The van der Waals surface area contributed by atoms with Crippen molar-refractivity contribution >= 4 is 23.9 Å². The van der Waals surface area contributed by atoms with Gasteiger partial charge in [-0.1, -0.05) is 62.8 Å². The zero-order valence-electron chi connectivity index (χ0n) is 38.8. The van der Waals surface area contributed by atoms with Crippen molar-refractivity contribution in [2.24, 2.45) is 10.8 Å². The lowest BCUT2D eigenvalue weighted by Gasteiger charge is -2.40. The molecule has 4 N–H and O–H groups in total. The molecule has 0 saturated heterocycles. The summed E-state index contributed by atoms with van der Waals surface area (Å²) in [4.78, 5) is 46.0. The number of carboxylic acids is 2. The van der Waals surface area contributed by atoms with E-state index in [1.54, 1.807) is 0 Å². The Morgan fingerprint density at radius 1 is 0.677 bits per heavy atom. The molecule has 2 aromatic carbocycles. The molecule has 2 unspecified atom stereocenters. The van der Waals surface area contributed by atoms with Crippen LogP contribution in [-0.4, -0.2) is 110 Å². The number of quaternary nitrogens is 1. The molecule has 2 aromatic rings. The molecule has 14 heteroatoms. The van der Waals surface area contributed by atoms with Crippen molar-refractivity contribution in [2.45, 2.75) is 129 Å². The molecule has 0 bridgehead atoms. The highest BCUT2D eigenvalue weighted by Gasteiger charge is 2.41. The van der Waals surface area contributed by atoms with Gasteiger partial charge in [0, 0.05) is 18.5 Å². The van der Waals surface area contributed by atoms with Crippen molar-refractivity contribution in [3.63, 3.8) is 0 Å². The van der Waals surface area contributed by atoms with Gasteiger partial charge in [0.25, 0.3) is 0 Å². The van der Waals surface area contributed by atoms with E-state index < -0.39 is 34.0 Å². The molecular formula is C48H74N2O12. The van der Waals surface area contributed by atoms with Crippen molar-refractivity contribution < 1.29 is 63.5 Å². The Morgan fingerprint density at radius 2 is 1.05 bits per heavy atom. The molecule has 348 valence electrons. The highest BCUT2D eigenvalue weighted by molar-refractivity contribution is 5.88. The van der Waals surface area contributed by atoms with E-state index in [4.69, 9.17) is 24.1 Å². The minimum atomic E-state index is -1.51. The molecular weight excluding hydrogens is 797 g/mol. The fourth-order valence-electron chi connectivity index (χ4n) is 7.47. The molecule has 0 spiro atoms. The first-order valence-corrected chi connectivity index (χ1v) is 21.7. The van der Waals surface area contributed by atoms with Crippen LogP contribution in [0.5, 0.6) is 11.5 Å². The SMILES string of the molecule is CN(C)CC(c1ccc(OCOC(=O)C(C)(C)C)cc1)C1(O)CCCCC1.C[NH+](C)CC(c1ccc(OCOC(=O)C(C)(C)C)cc1)C1(O)CCCCC1.O=C([O-])/C=C\C(=O)O. The third-order valence-corrected chi connectivity index (χ3v) is 10.9. The van der Waals surface area contributed by atoms with E-state index in [9.17, 15) is 34.5 Å². The Hall–Kier alpha value is -4.50. The minimum Gasteiger partial charge on any atom is -0.545 e. The van der Waals surface area contributed by atoms with Crippen LogP contribution >= 0.6 is 0 Å². The van der Waals surface area contributed by atoms with Crippen LogP contribution < -0.4 is 19.5 Å². The van der Waals surface area contributed by atoms with Gasteiger partial charge in [-0.3, -0.25) is 9.59 Å². The molecule has 0 heterocycles. The van der Waals surface area contributed by atoms with Gasteiger partial charge < -0.3 is 54.0 Å². The van der Waals surface area contributed by atoms with Crippen LogP contribution in [0.3, 0.4) is 0 Å². The third-order valence-electron chi connectivity index (χ3n) is 10.9. The van der Waals surface area contributed by atoms with Crippen LogP contribution in [0.1, 0.15) is 129 Å². The molecule has 62 heavy (non-hydrogen) atoms. The number of hydrogen-bond donors (Lipinski definition) is 4. The van der Waals surface area contributed by atoms with Gasteiger partial charge in [-0.25, -0.2) is 4.79 Å². The van der Waals surface area contributed by atoms with E-state index in [2.05, 4.69) is 19.0 Å². The fraction of sp³-hybridized carbons (Fsp3) is 0.625. The molecule has 0 aliphatic heterocycles. The summed E-state index contributed by atoms with van der Waals surface area (Å²) in [6.45, 7) is 12.4. The predicted octanol–water partition coefficient (Wildman–Crippen LogP) is 4.87. The topological polar surface area (TPSA) is 197 Å². The van der Waals surface area contributed by atoms with Crippen molar-refractivity contribution in [3.8, 4) is 11.5 Å². The van der Waals surface area contributed by atoms with E-state index in [0.717, 1.165) is 75.6 Å². The number of benzene rings is 2. The van der Waals surface area contributed by atoms with Gasteiger partial charge in [0.15, 0.2) is 0 Å².